The third kappa shape index (κ3) is 3.07. The van der Waals surface area contributed by atoms with Crippen LogP contribution in [0.3, 0.4) is 0 Å². The number of rotatable bonds is 6. The number of terminal acetylenes is 1. The van der Waals surface area contributed by atoms with E-state index in [0.717, 1.165) is 31.0 Å². The van der Waals surface area contributed by atoms with E-state index in [2.05, 4.69) is 42.1 Å². The third-order valence-corrected chi connectivity index (χ3v) is 2.46. The molecule has 88 valence electrons. The highest BCUT2D eigenvalue weighted by atomic mass is 15.4. The van der Waals surface area contributed by atoms with Crippen LogP contribution >= 0.6 is 0 Å². The van der Waals surface area contributed by atoms with Crippen molar-refractivity contribution in [2.75, 3.05) is 13.1 Å². The van der Waals surface area contributed by atoms with Crippen LogP contribution in [0.25, 0.3) is 0 Å². The summed E-state index contributed by atoms with van der Waals surface area (Å²) in [5.74, 6) is 4.53. The van der Waals surface area contributed by atoms with Gasteiger partial charge in [-0.15, -0.1) is 6.42 Å². The zero-order valence-electron chi connectivity index (χ0n) is 10.3. The van der Waals surface area contributed by atoms with Gasteiger partial charge in [0.15, 0.2) is 5.82 Å². The lowest BCUT2D eigenvalue weighted by Gasteiger charge is -2.13. The summed E-state index contributed by atoms with van der Waals surface area (Å²) in [6.45, 7) is 7.71. The van der Waals surface area contributed by atoms with Crippen LogP contribution in [0.5, 0.6) is 0 Å². The van der Waals surface area contributed by atoms with Gasteiger partial charge in [0.2, 0.25) is 0 Å². The topological polar surface area (TPSA) is 42.7 Å². The number of nitrogens with zero attached hydrogens (tertiary/aromatic N) is 3. The van der Waals surface area contributed by atoms with Crippen molar-refractivity contribution in [1.29, 1.82) is 0 Å². The summed E-state index contributed by atoms with van der Waals surface area (Å²) in [6, 6.07) is 0.288. The van der Waals surface area contributed by atoms with Crippen molar-refractivity contribution in [2.24, 2.45) is 0 Å². The maximum absolute atomic E-state index is 5.19. The van der Waals surface area contributed by atoms with Gasteiger partial charge in [-0.3, -0.25) is 0 Å². The molecule has 0 saturated heterocycles. The zero-order valence-corrected chi connectivity index (χ0v) is 10.3. The van der Waals surface area contributed by atoms with Crippen molar-refractivity contribution >= 4 is 0 Å². The van der Waals surface area contributed by atoms with Crippen molar-refractivity contribution in [3.8, 4) is 12.3 Å². The molecule has 16 heavy (non-hydrogen) atoms. The summed E-state index contributed by atoms with van der Waals surface area (Å²) >= 11 is 0. The molecule has 1 atom stereocenters. The molecule has 0 aliphatic heterocycles. The molecule has 0 spiro atoms. The lowest BCUT2D eigenvalue weighted by Crippen LogP contribution is -2.25. The second-order valence-electron chi connectivity index (χ2n) is 3.78. The molecule has 1 aromatic heterocycles. The molecule has 1 N–H and O–H groups in total. The molecule has 0 bridgehead atoms. The molecule has 0 aromatic carbocycles. The number of aromatic nitrogens is 3. The average molecular weight is 220 g/mol. The van der Waals surface area contributed by atoms with Gasteiger partial charge in [0.05, 0.1) is 12.6 Å². The average Bonchev–Trinajstić information content (AvgIpc) is 2.72. The van der Waals surface area contributed by atoms with Crippen molar-refractivity contribution in [2.45, 2.75) is 39.7 Å². The summed E-state index contributed by atoms with van der Waals surface area (Å²) in [5.41, 5.74) is 0. The maximum Gasteiger partial charge on any atom is 0.150 e. The van der Waals surface area contributed by atoms with Crippen molar-refractivity contribution in [3.05, 3.63) is 11.6 Å². The lowest BCUT2D eigenvalue weighted by atomic mass is 10.3. The fourth-order valence-electron chi connectivity index (χ4n) is 1.59. The van der Waals surface area contributed by atoms with Gasteiger partial charge in [0.1, 0.15) is 5.82 Å². The molecule has 4 nitrogen and oxygen atoms in total. The molecule has 4 heteroatoms. The number of nitrogens with one attached hydrogen (secondary N) is 1. The molecule has 0 amide bonds. The minimum absolute atomic E-state index is 0.288. The van der Waals surface area contributed by atoms with Gasteiger partial charge in [-0.2, -0.15) is 5.10 Å². The number of aryl methyl sites for hydroxylation is 2. The maximum atomic E-state index is 5.19. The summed E-state index contributed by atoms with van der Waals surface area (Å²) in [7, 11) is 0. The van der Waals surface area contributed by atoms with Crippen molar-refractivity contribution < 1.29 is 0 Å². The normalized spacial score (nSPS) is 12.4. The molecule has 1 heterocycles. The highest BCUT2D eigenvalue weighted by Gasteiger charge is 2.12. The van der Waals surface area contributed by atoms with Gasteiger partial charge in [-0.05, 0) is 6.92 Å². The van der Waals surface area contributed by atoms with Crippen LogP contribution in [0.4, 0.5) is 0 Å². The SMILES string of the molecule is C#CCNCC(C)n1nc(CC)nc1CC. The van der Waals surface area contributed by atoms with E-state index in [4.69, 9.17) is 6.42 Å². The first kappa shape index (κ1) is 12.7. The van der Waals surface area contributed by atoms with Gasteiger partial charge in [-0.1, -0.05) is 19.8 Å². The third-order valence-electron chi connectivity index (χ3n) is 2.46. The molecular formula is C12H20N4. The van der Waals surface area contributed by atoms with Crippen LogP contribution < -0.4 is 5.32 Å². The molecule has 1 rings (SSSR count). The van der Waals surface area contributed by atoms with E-state index in [0.29, 0.717) is 6.54 Å². The Labute approximate surface area is 97.5 Å². The van der Waals surface area contributed by atoms with E-state index >= 15 is 0 Å². The van der Waals surface area contributed by atoms with Crippen LogP contribution in [0.1, 0.15) is 38.5 Å². The Morgan fingerprint density at radius 2 is 2.19 bits per heavy atom. The standard InChI is InChI=1S/C12H20N4/c1-5-8-13-9-10(4)16-12(7-3)14-11(6-2)15-16/h1,10,13H,6-9H2,2-4H3. The first-order valence-corrected chi connectivity index (χ1v) is 5.81. The van der Waals surface area contributed by atoms with E-state index < -0.39 is 0 Å². The second-order valence-corrected chi connectivity index (χ2v) is 3.78. The van der Waals surface area contributed by atoms with Crippen LogP contribution in [0.15, 0.2) is 0 Å². The Balaban J connectivity index is 2.69. The van der Waals surface area contributed by atoms with Gasteiger partial charge in [0, 0.05) is 19.4 Å². The molecule has 0 radical (unpaired) electrons. The van der Waals surface area contributed by atoms with E-state index in [1.807, 2.05) is 4.68 Å². The fraction of sp³-hybridized carbons (Fsp3) is 0.667. The minimum Gasteiger partial charge on any atom is -0.304 e. The zero-order chi connectivity index (χ0) is 12.0. The lowest BCUT2D eigenvalue weighted by molar-refractivity contribution is 0.446. The van der Waals surface area contributed by atoms with Gasteiger partial charge < -0.3 is 5.32 Å². The molecule has 1 aromatic rings. The smallest absolute Gasteiger partial charge is 0.150 e. The highest BCUT2D eigenvalue weighted by Crippen LogP contribution is 2.08. The molecule has 0 aliphatic rings. The molecule has 0 fully saturated rings. The Morgan fingerprint density at radius 3 is 2.75 bits per heavy atom. The highest BCUT2D eigenvalue weighted by molar-refractivity contribution is 4.95. The predicted octanol–water partition coefficient (Wildman–Crippen LogP) is 1.19. The first-order valence-electron chi connectivity index (χ1n) is 5.81. The van der Waals surface area contributed by atoms with Crippen LogP contribution in [0, 0.1) is 12.3 Å². The quantitative estimate of drug-likeness (QED) is 0.578. The van der Waals surface area contributed by atoms with E-state index in [9.17, 15) is 0 Å². The fourth-order valence-corrected chi connectivity index (χ4v) is 1.59. The molecular weight excluding hydrogens is 200 g/mol. The van der Waals surface area contributed by atoms with E-state index in [-0.39, 0.29) is 6.04 Å². The van der Waals surface area contributed by atoms with Gasteiger partial charge in [-0.25, -0.2) is 9.67 Å². The number of hydrogen-bond donors (Lipinski definition) is 1. The largest absolute Gasteiger partial charge is 0.304 e. The van der Waals surface area contributed by atoms with E-state index in [1.54, 1.807) is 0 Å². The Kier molecular flexibility index (Phi) is 5.00. The van der Waals surface area contributed by atoms with Crippen molar-refractivity contribution in [1.82, 2.24) is 20.1 Å². The Hall–Kier alpha value is -1.34. The Bertz CT molecular complexity index is 362. The van der Waals surface area contributed by atoms with Crippen LogP contribution in [-0.4, -0.2) is 27.9 Å². The summed E-state index contributed by atoms with van der Waals surface area (Å²) in [6.07, 6.45) is 6.98. The minimum atomic E-state index is 0.288. The van der Waals surface area contributed by atoms with Crippen molar-refractivity contribution in [3.63, 3.8) is 0 Å². The molecule has 0 aliphatic carbocycles. The Morgan fingerprint density at radius 1 is 1.44 bits per heavy atom. The van der Waals surface area contributed by atoms with E-state index in [1.165, 1.54) is 0 Å². The van der Waals surface area contributed by atoms with Crippen LogP contribution in [0.2, 0.25) is 0 Å². The van der Waals surface area contributed by atoms with Gasteiger partial charge >= 0.3 is 0 Å². The predicted molar refractivity (Wildman–Crippen MR) is 65.2 cm³/mol. The monoisotopic (exact) mass is 220 g/mol. The summed E-state index contributed by atoms with van der Waals surface area (Å²) in [5, 5.41) is 7.68. The van der Waals surface area contributed by atoms with Crippen LogP contribution in [-0.2, 0) is 12.8 Å². The summed E-state index contributed by atoms with van der Waals surface area (Å²) in [4.78, 5) is 4.48. The first-order chi connectivity index (χ1) is 7.72. The van der Waals surface area contributed by atoms with Gasteiger partial charge in [0.25, 0.3) is 0 Å². The molecule has 0 saturated carbocycles. The summed E-state index contributed by atoms with van der Waals surface area (Å²) < 4.78 is 2.00. The molecule has 1 unspecified atom stereocenters. The number of hydrogen-bond acceptors (Lipinski definition) is 3. The second kappa shape index (κ2) is 6.29.